The SMILES string of the molecule is O=C(O)CC(NC(=O)[C@@H]1CCCN(C(=O)/C=C/C2CCNCC2)C1)c1ccccc1. The number of carboxylic acid groups (broad SMARTS) is 1. The number of allylic oxidation sites excluding steroid dienone is 1. The first-order chi connectivity index (χ1) is 14.5. The lowest BCUT2D eigenvalue weighted by Gasteiger charge is -2.32. The second-order valence-electron chi connectivity index (χ2n) is 8.14. The number of rotatable bonds is 7. The van der Waals surface area contributed by atoms with Gasteiger partial charge in [-0.2, -0.15) is 0 Å². The van der Waals surface area contributed by atoms with E-state index in [-0.39, 0.29) is 24.2 Å². The molecule has 3 N–H and O–H groups in total. The fraction of sp³-hybridized carbons (Fsp3) is 0.522. The van der Waals surface area contributed by atoms with Gasteiger partial charge in [0.15, 0.2) is 0 Å². The molecule has 1 unspecified atom stereocenters. The highest BCUT2D eigenvalue weighted by molar-refractivity contribution is 5.88. The Morgan fingerprint density at radius 3 is 2.60 bits per heavy atom. The van der Waals surface area contributed by atoms with Crippen LogP contribution in [0.1, 0.15) is 43.7 Å². The van der Waals surface area contributed by atoms with Crippen molar-refractivity contribution in [3.8, 4) is 0 Å². The lowest BCUT2D eigenvalue weighted by molar-refractivity contribution is -0.138. The Morgan fingerprint density at radius 1 is 1.17 bits per heavy atom. The third-order valence-electron chi connectivity index (χ3n) is 5.90. The monoisotopic (exact) mass is 413 g/mol. The lowest BCUT2D eigenvalue weighted by Crippen LogP contribution is -2.46. The van der Waals surface area contributed by atoms with Crippen LogP contribution in [-0.4, -0.2) is 54.0 Å². The van der Waals surface area contributed by atoms with E-state index in [1.54, 1.807) is 11.0 Å². The molecule has 2 aliphatic rings. The molecule has 0 radical (unpaired) electrons. The van der Waals surface area contributed by atoms with E-state index in [0.717, 1.165) is 37.9 Å². The molecule has 30 heavy (non-hydrogen) atoms. The van der Waals surface area contributed by atoms with Crippen molar-refractivity contribution in [3.63, 3.8) is 0 Å². The van der Waals surface area contributed by atoms with Crippen LogP contribution in [0.15, 0.2) is 42.5 Å². The van der Waals surface area contributed by atoms with Crippen molar-refractivity contribution < 1.29 is 19.5 Å². The van der Waals surface area contributed by atoms with E-state index in [1.807, 2.05) is 36.4 Å². The number of amides is 2. The third kappa shape index (κ3) is 6.42. The Hall–Kier alpha value is -2.67. The molecule has 3 rings (SSSR count). The molecule has 0 saturated carbocycles. The minimum absolute atomic E-state index is 0.0452. The van der Waals surface area contributed by atoms with Crippen LogP contribution in [0.4, 0.5) is 0 Å². The molecule has 0 aromatic heterocycles. The number of aliphatic carboxylic acids is 1. The Labute approximate surface area is 177 Å². The average Bonchev–Trinajstić information content (AvgIpc) is 2.78. The van der Waals surface area contributed by atoms with Gasteiger partial charge in [-0.1, -0.05) is 36.4 Å². The Kier molecular flexibility index (Phi) is 8.02. The zero-order valence-corrected chi connectivity index (χ0v) is 17.3. The summed E-state index contributed by atoms with van der Waals surface area (Å²) in [6, 6.07) is 8.55. The first kappa shape index (κ1) is 22.0. The predicted octanol–water partition coefficient (Wildman–Crippen LogP) is 2.11. The molecule has 0 spiro atoms. The summed E-state index contributed by atoms with van der Waals surface area (Å²) in [5.74, 6) is -1.09. The van der Waals surface area contributed by atoms with Gasteiger partial charge in [0.1, 0.15) is 0 Å². The lowest BCUT2D eigenvalue weighted by atomic mass is 9.95. The molecular formula is C23H31N3O4. The van der Waals surface area contributed by atoms with E-state index >= 15 is 0 Å². The van der Waals surface area contributed by atoms with Crippen LogP contribution in [0.3, 0.4) is 0 Å². The number of nitrogens with zero attached hydrogens (tertiary/aromatic N) is 1. The maximum absolute atomic E-state index is 12.9. The van der Waals surface area contributed by atoms with Crippen molar-refractivity contribution in [2.24, 2.45) is 11.8 Å². The van der Waals surface area contributed by atoms with Crippen molar-refractivity contribution in [2.45, 2.75) is 38.1 Å². The summed E-state index contributed by atoms with van der Waals surface area (Å²) in [5.41, 5.74) is 0.766. The van der Waals surface area contributed by atoms with Gasteiger partial charge in [0.05, 0.1) is 18.4 Å². The maximum atomic E-state index is 12.9. The number of carbonyl (C=O) groups excluding carboxylic acids is 2. The van der Waals surface area contributed by atoms with Crippen LogP contribution in [0.5, 0.6) is 0 Å². The molecular weight excluding hydrogens is 382 g/mol. The quantitative estimate of drug-likeness (QED) is 0.595. The van der Waals surface area contributed by atoms with Crippen LogP contribution in [0, 0.1) is 11.8 Å². The molecule has 2 fully saturated rings. The standard InChI is InChI=1S/C23H31N3O4/c27-21(9-8-17-10-12-24-13-11-17)26-14-4-7-19(16-26)23(30)25-20(15-22(28)29)18-5-2-1-3-6-18/h1-3,5-6,8-9,17,19-20,24H,4,7,10-16H2,(H,25,30)(H,28,29)/b9-8+/t19-,20?/m1/s1. The van der Waals surface area contributed by atoms with Crippen LogP contribution >= 0.6 is 0 Å². The van der Waals surface area contributed by atoms with Gasteiger partial charge >= 0.3 is 5.97 Å². The Balaban J connectivity index is 1.57. The zero-order chi connectivity index (χ0) is 21.3. The number of piperidine rings is 2. The van der Waals surface area contributed by atoms with Crippen molar-refractivity contribution in [1.29, 1.82) is 0 Å². The Bertz CT molecular complexity index is 759. The summed E-state index contributed by atoms with van der Waals surface area (Å²) < 4.78 is 0. The summed E-state index contributed by atoms with van der Waals surface area (Å²) in [5, 5.41) is 15.4. The van der Waals surface area contributed by atoms with E-state index in [4.69, 9.17) is 0 Å². The summed E-state index contributed by atoms with van der Waals surface area (Å²) in [4.78, 5) is 38.5. The van der Waals surface area contributed by atoms with Gasteiger partial charge in [0.25, 0.3) is 0 Å². The number of carbonyl (C=O) groups is 3. The normalized spacial score (nSPS) is 21.3. The molecule has 7 nitrogen and oxygen atoms in total. The van der Waals surface area contributed by atoms with E-state index in [2.05, 4.69) is 10.6 Å². The molecule has 7 heteroatoms. The second-order valence-corrected chi connectivity index (χ2v) is 8.14. The molecule has 1 aromatic carbocycles. The van der Waals surface area contributed by atoms with E-state index in [1.165, 1.54) is 0 Å². The van der Waals surface area contributed by atoms with E-state index < -0.39 is 12.0 Å². The summed E-state index contributed by atoms with van der Waals surface area (Å²) in [6.45, 7) is 2.98. The number of hydrogen-bond donors (Lipinski definition) is 3. The number of hydrogen-bond acceptors (Lipinski definition) is 4. The number of nitrogens with one attached hydrogen (secondary N) is 2. The van der Waals surface area contributed by atoms with Gasteiger partial charge in [-0.15, -0.1) is 0 Å². The summed E-state index contributed by atoms with van der Waals surface area (Å²) in [7, 11) is 0. The first-order valence-corrected chi connectivity index (χ1v) is 10.8. The fourth-order valence-corrected chi connectivity index (χ4v) is 4.15. The van der Waals surface area contributed by atoms with Gasteiger partial charge < -0.3 is 20.6 Å². The van der Waals surface area contributed by atoms with Crippen molar-refractivity contribution in [2.75, 3.05) is 26.2 Å². The van der Waals surface area contributed by atoms with E-state index in [0.29, 0.717) is 25.4 Å². The maximum Gasteiger partial charge on any atom is 0.305 e. The van der Waals surface area contributed by atoms with Gasteiger partial charge in [-0.3, -0.25) is 14.4 Å². The summed E-state index contributed by atoms with van der Waals surface area (Å²) >= 11 is 0. The number of carboxylic acids is 1. The largest absolute Gasteiger partial charge is 0.481 e. The second kappa shape index (κ2) is 10.9. The van der Waals surface area contributed by atoms with Crippen LogP contribution < -0.4 is 10.6 Å². The minimum atomic E-state index is -0.965. The average molecular weight is 414 g/mol. The molecule has 1 aromatic rings. The van der Waals surface area contributed by atoms with Crippen molar-refractivity contribution >= 4 is 17.8 Å². The summed E-state index contributed by atoms with van der Waals surface area (Å²) in [6.07, 6.45) is 7.03. The molecule has 0 bridgehead atoms. The third-order valence-corrected chi connectivity index (χ3v) is 5.90. The molecule has 2 amide bonds. The van der Waals surface area contributed by atoms with Crippen LogP contribution in [-0.2, 0) is 14.4 Å². The number of likely N-dealkylation sites (tertiary alicyclic amines) is 1. The fourth-order valence-electron chi connectivity index (χ4n) is 4.15. The van der Waals surface area contributed by atoms with Gasteiger partial charge in [0, 0.05) is 13.1 Å². The van der Waals surface area contributed by atoms with Gasteiger partial charge in [0.2, 0.25) is 11.8 Å². The molecule has 2 heterocycles. The molecule has 2 saturated heterocycles. The highest BCUT2D eigenvalue weighted by Crippen LogP contribution is 2.22. The first-order valence-electron chi connectivity index (χ1n) is 10.8. The highest BCUT2D eigenvalue weighted by atomic mass is 16.4. The molecule has 2 atom stereocenters. The van der Waals surface area contributed by atoms with Crippen molar-refractivity contribution in [1.82, 2.24) is 15.5 Å². The number of benzene rings is 1. The molecule has 0 aliphatic carbocycles. The van der Waals surface area contributed by atoms with Gasteiger partial charge in [-0.05, 0) is 56.3 Å². The van der Waals surface area contributed by atoms with Crippen molar-refractivity contribution in [3.05, 3.63) is 48.0 Å². The van der Waals surface area contributed by atoms with Crippen LogP contribution in [0.25, 0.3) is 0 Å². The predicted molar refractivity (Wildman–Crippen MR) is 114 cm³/mol. The van der Waals surface area contributed by atoms with Gasteiger partial charge in [-0.25, -0.2) is 0 Å². The smallest absolute Gasteiger partial charge is 0.305 e. The molecule has 2 aliphatic heterocycles. The topological polar surface area (TPSA) is 98.7 Å². The minimum Gasteiger partial charge on any atom is -0.481 e. The zero-order valence-electron chi connectivity index (χ0n) is 17.3. The Morgan fingerprint density at radius 2 is 1.90 bits per heavy atom. The molecule has 162 valence electrons. The highest BCUT2D eigenvalue weighted by Gasteiger charge is 2.29. The van der Waals surface area contributed by atoms with Crippen LogP contribution in [0.2, 0.25) is 0 Å². The van der Waals surface area contributed by atoms with E-state index in [9.17, 15) is 19.5 Å².